The number of carbonyl (C=O) groups is 3. The minimum atomic E-state index is -1.10. The molecule has 1 fully saturated rings. The molecule has 0 radical (unpaired) electrons. The maximum Gasteiger partial charge on any atom is 0.355 e. The van der Waals surface area contributed by atoms with Crippen molar-refractivity contribution >= 4 is 29.2 Å². The van der Waals surface area contributed by atoms with Crippen LogP contribution in [0.4, 0.5) is 4.79 Å². The summed E-state index contributed by atoms with van der Waals surface area (Å²) in [6.07, 6.45) is 0. The summed E-state index contributed by atoms with van der Waals surface area (Å²) in [6.45, 7) is 2.66. The van der Waals surface area contributed by atoms with Gasteiger partial charge >= 0.3 is 12.0 Å². The normalized spacial score (nSPS) is 18.6. The van der Waals surface area contributed by atoms with Gasteiger partial charge in [-0.2, -0.15) is 0 Å². The highest BCUT2D eigenvalue weighted by molar-refractivity contribution is 7.09. The van der Waals surface area contributed by atoms with E-state index in [1.165, 1.54) is 10.3 Å². The molecule has 1 aromatic rings. The topological polar surface area (TPSA) is 112 Å². The lowest BCUT2D eigenvalue weighted by molar-refractivity contribution is -0.126. The molecule has 9 heteroatoms. The molecule has 1 unspecified atom stereocenters. The summed E-state index contributed by atoms with van der Waals surface area (Å²) < 4.78 is 0. The maximum absolute atomic E-state index is 12.0. The smallest absolute Gasteiger partial charge is 0.355 e. The Balaban J connectivity index is 1.91. The Bertz CT molecular complexity index is 544. The van der Waals surface area contributed by atoms with Crippen LogP contribution in [0.2, 0.25) is 0 Å². The predicted molar refractivity (Wildman–Crippen MR) is 70.5 cm³/mol. The molecular formula is C11H14N4O4S. The first kappa shape index (κ1) is 14.3. The molecule has 1 aliphatic heterocycles. The molecule has 1 aliphatic rings. The largest absolute Gasteiger partial charge is 0.476 e. The zero-order valence-corrected chi connectivity index (χ0v) is 11.6. The third kappa shape index (κ3) is 3.05. The summed E-state index contributed by atoms with van der Waals surface area (Å²) in [7, 11) is 0. The molecule has 0 aliphatic carbocycles. The van der Waals surface area contributed by atoms with Gasteiger partial charge in [-0.05, 0) is 6.92 Å². The molecule has 0 aromatic carbocycles. The molecule has 20 heavy (non-hydrogen) atoms. The van der Waals surface area contributed by atoms with Crippen molar-refractivity contribution in [2.45, 2.75) is 19.5 Å². The minimum absolute atomic E-state index is 0.0371. The highest BCUT2D eigenvalue weighted by Gasteiger charge is 2.29. The van der Waals surface area contributed by atoms with Crippen LogP contribution in [0.3, 0.4) is 0 Å². The SMILES string of the molecule is CC1C(=O)NCCN1C(=O)NCc1nc(C(=O)O)cs1. The Morgan fingerprint density at radius 1 is 1.65 bits per heavy atom. The quantitative estimate of drug-likeness (QED) is 0.720. The van der Waals surface area contributed by atoms with E-state index in [0.29, 0.717) is 18.1 Å². The second-order valence-corrected chi connectivity index (χ2v) is 5.19. The number of nitrogens with one attached hydrogen (secondary N) is 2. The number of carbonyl (C=O) groups excluding carboxylic acids is 2. The van der Waals surface area contributed by atoms with Gasteiger partial charge < -0.3 is 20.6 Å². The second-order valence-electron chi connectivity index (χ2n) is 4.25. The zero-order chi connectivity index (χ0) is 14.7. The third-order valence-electron chi connectivity index (χ3n) is 2.92. The minimum Gasteiger partial charge on any atom is -0.476 e. The lowest BCUT2D eigenvalue weighted by Crippen LogP contribution is -2.58. The number of rotatable bonds is 3. The number of carboxylic acid groups (broad SMARTS) is 1. The van der Waals surface area contributed by atoms with Gasteiger partial charge in [-0.3, -0.25) is 4.79 Å². The van der Waals surface area contributed by atoms with E-state index in [-0.39, 0.29) is 24.2 Å². The molecule has 0 bridgehead atoms. The maximum atomic E-state index is 12.0. The number of urea groups is 1. The van der Waals surface area contributed by atoms with Crippen LogP contribution < -0.4 is 10.6 Å². The molecular weight excluding hydrogens is 284 g/mol. The van der Waals surface area contributed by atoms with E-state index < -0.39 is 12.0 Å². The molecule has 108 valence electrons. The van der Waals surface area contributed by atoms with E-state index in [1.807, 2.05) is 0 Å². The summed E-state index contributed by atoms with van der Waals surface area (Å²) in [5.41, 5.74) is -0.0371. The Hall–Kier alpha value is -2.16. The number of thiazole rings is 1. The fraction of sp³-hybridized carbons (Fsp3) is 0.455. The monoisotopic (exact) mass is 298 g/mol. The van der Waals surface area contributed by atoms with Crippen LogP contribution in [0, 0.1) is 0 Å². The fourth-order valence-corrected chi connectivity index (χ4v) is 2.51. The third-order valence-corrected chi connectivity index (χ3v) is 3.77. The van der Waals surface area contributed by atoms with Gasteiger partial charge in [0.2, 0.25) is 5.91 Å². The molecule has 1 saturated heterocycles. The number of aromatic nitrogens is 1. The molecule has 0 saturated carbocycles. The Kier molecular flexibility index (Phi) is 4.18. The van der Waals surface area contributed by atoms with Crippen molar-refractivity contribution in [2.75, 3.05) is 13.1 Å². The molecule has 2 heterocycles. The Labute approximate surface area is 118 Å². The zero-order valence-electron chi connectivity index (χ0n) is 10.8. The summed E-state index contributed by atoms with van der Waals surface area (Å²) in [6, 6.07) is -0.881. The van der Waals surface area contributed by atoms with Crippen molar-refractivity contribution in [1.29, 1.82) is 0 Å². The van der Waals surface area contributed by atoms with Gasteiger partial charge in [0, 0.05) is 18.5 Å². The first-order valence-electron chi connectivity index (χ1n) is 5.99. The number of aromatic carboxylic acids is 1. The van der Waals surface area contributed by atoms with E-state index in [1.54, 1.807) is 6.92 Å². The predicted octanol–water partition coefficient (Wildman–Crippen LogP) is -0.129. The molecule has 3 N–H and O–H groups in total. The number of piperazine rings is 1. The first-order valence-corrected chi connectivity index (χ1v) is 6.87. The van der Waals surface area contributed by atoms with E-state index >= 15 is 0 Å². The molecule has 1 aromatic heterocycles. The van der Waals surface area contributed by atoms with Crippen molar-refractivity contribution in [2.24, 2.45) is 0 Å². The van der Waals surface area contributed by atoms with Crippen molar-refractivity contribution in [3.05, 3.63) is 16.1 Å². The van der Waals surface area contributed by atoms with Crippen LogP contribution in [0.1, 0.15) is 22.4 Å². The van der Waals surface area contributed by atoms with Gasteiger partial charge in [-0.15, -0.1) is 11.3 Å². The van der Waals surface area contributed by atoms with Crippen molar-refractivity contribution < 1.29 is 19.5 Å². The number of nitrogens with zero attached hydrogens (tertiary/aromatic N) is 2. The van der Waals surface area contributed by atoms with Crippen LogP contribution in [0.5, 0.6) is 0 Å². The fourth-order valence-electron chi connectivity index (χ4n) is 1.80. The van der Waals surface area contributed by atoms with E-state index in [9.17, 15) is 14.4 Å². The Morgan fingerprint density at radius 3 is 3.05 bits per heavy atom. The van der Waals surface area contributed by atoms with Crippen LogP contribution in [-0.4, -0.2) is 52.0 Å². The number of hydrogen-bond acceptors (Lipinski definition) is 5. The van der Waals surface area contributed by atoms with Gasteiger partial charge in [-0.1, -0.05) is 0 Å². The van der Waals surface area contributed by atoms with Gasteiger partial charge in [0.15, 0.2) is 5.69 Å². The number of amides is 3. The lowest BCUT2D eigenvalue weighted by atomic mass is 10.2. The van der Waals surface area contributed by atoms with Crippen LogP contribution >= 0.6 is 11.3 Å². The summed E-state index contributed by atoms with van der Waals surface area (Å²) in [5, 5.41) is 16.0. The van der Waals surface area contributed by atoms with Crippen molar-refractivity contribution in [1.82, 2.24) is 20.5 Å². The highest BCUT2D eigenvalue weighted by atomic mass is 32.1. The highest BCUT2D eigenvalue weighted by Crippen LogP contribution is 2.10. The van der Waals surface area contributed by atoms with Crippen molar-refractivity contribution in [3.63, 3.8) is 0 Å². The standard InChI is InChI=1S/C11H14N4O4S/c1-6-9(16)12-2-3-15(6)11(19)13-4-8-14-7(5-20-8)10(17)18/h5-6H,2-4H2,1H3,(H,12,16)(H,13,19)(H,17,18). The number of carboxylic acids is 1. The van der Waals surface area contributed by atoms with E-state index in [0.717, 1.165) is 11.3 Å². The molecule has 2 rings (SSSR count). The van der Waals surface area contributed by atoms with E-state index in [4.69, 9.17) is 5.11 Å². The average molecular weight is 298 g/mol. The van der Waals surface area contributed by atoms with Gasteiger partial charge in [0.25, 0.3) is 0 Å². The van der Waals surface area contributed by atoms with Crippen LogP contribution in [0.15, 0.2) is 5.38 Å². The second kappa shape index (κ2) is 5.87. The summed E-state index contributed by atoms with van der Waals surface area (Å²) in [4.78, 5) is 39.4. The molecule has 3 amide bonds. The molecule has 1 atom stereocenters. The summed E-state index contributed by atoms with van der Waals surface area (Å²) in [5.74, 6) is -1.28. The number of hydrogen-bond donors (Lipinski definition) is 3. The van der Waals surface area contributed by atoms with Crippen LogP contribution in [0.25, 0.3) is 0 Å². The van der Waals surface area contributed by atoms with Gasteiger partial charge in [0.05, 0.1) is 6.54 Å². The van der Waals surface area contributed by atoms with E-state index in [2.05, 4.69) is 15.6 Å². The molecule has 0 spiro atoms. The Morgan fingerprint density at radius 2 is 2.40 bits per heavy atom. The molecule has 8 nitrogen and oxygen atoms in total. The van der Waals surface area contributed by atoms with Gasteiger partial charge in [0.1, 0.15) is 11.0 Å². The average Bonchev–Trinajstić information content (AvgIpc) is 2.88. The van der Waals surface area contributed by atoms with Crippen LogP contribution in [-0.2, 0) is 11.3 Å². The van der Waals surface area contributed by atoms with Gasteiger partial charge in [-0.25, -0.2) is 14.6 Å². The summed E-state index contributed by atoms with van der Waals surface area (Å²) >= 11 is 1.16. The first-order chi connectivity index (χ1) is 9.49. The van der Waals surface area contributed by atoms with Crippen molar-refractivity contribution in [3.8, 4) is 0 Å². The lowest BCUT2D eigenvalue weighted by Gasteiger charge is -2.32.